The summed E-state index contributed by atoms with van der Waals surface area (Å²) in [5.74, 6) is 1.59. The molecule has 1 heterocycles. The first-order valence-corrected chi connectivity index (χ1v) is 8.95. The van der Waals surface area contributed by atoms with E-state index in [1.165, 1.54) is 0 Å². The highest BCUT2D eigenvalue weighted by Crippen LogP contribution is 2.41. The molecular formula is C22H21N3O4. The smallest absolute Gasteiger partial charge is 0.300 e. The van der Waals surface area contributed by atoms with Gasteiger partial charge >= 0.3 is 0 Å². The molecule has 0 aliphatic rings. The average molecular weight is 391 g/mol. The molecule has 0 amide bonds. The molecule has 3 aromatic carbocycles. The van der Waals surface area contributed by atoms with Crippen LogP contribution in [-0.4, -0.2) is 26.3 Å². The first-order valence-electron chi connectivity index (χ1n) is 8.95. The molecule has 148 valence electrons. The van der Waals surface area contributed by atoms with E-state index in [0.717, 1.165) is 16.6 Å². The van der Waals surface area contributed by atoms with Crippen molar-refractivity contribution in [1.82, 2.24) is 4.98 Å². The quantitative estimate of drug-likeness (QED) is 0.454. The van der Waals surface area contributed by atoms with Crippen LogP contribution in [0.25, 0.3) is 22.2 Å². The van der Waals surface area contributed by atoms with E-state index >= 15 is 0 Å². The van der Waals surface area contributed by atoms with Gasteiger partial charge in [0.05, 0.1) is 21.3 Å². The van der Waals surface area contributed by atoms with Gasteiger partial charge in [0.1, 0.15) is 5.52 Å². The predicted molar refractivity (Wildman–Crippen MR) is 113 cm³/mol. The molecule has 0 fully saturated rings. The summed E-state index contributed by atoms with van der Waals surface area (Å²) in [4.78, 5) is 4.55. The molecular weight excluding hydrogens is 370 g/mol. The number of benzene rings is 3. The fourth-order valence-corrected chi connectivity index (χ4v) is 3.17. The second-order valence-electron chi connectivity index (χ2n) is 6.33. The standard InChI is InChI=1S/C22H21N3O4/c1-26-18-11-15(12-19(27-2)21(18)28-3)24-22-25-17-6-4-5-16(20(17)29-22)13-7-9-14(23)10-8-13/h4-12H,23H2,1-3H3,(H,24,25). The van der Waals surface area contributed by atoms with E-state index in [1.54, 1.807) is 33.5 Å². The molecule has 0 spiro atoms. The summed E-state index contributed by atoms with van der Waals surface area (Å²) in [5, 5.41) is 3.17. The van der Waals surface area contributed by atoms with Crippen LogP contribution in [0.4, 0.5) is 17.4 Å². The summed E-state index contributed by atoms with van der Waals surface area (Å²) in [7, 11) is 4.70. The van der Waals surface area contributed by atoms with E-state index in [-0.39, 0.29) is 0 Å². The minimum Gasteiger partial charge on any atom is -0.493 e. The van der Waals surface area contributed by atoms with Gasteiger partial charge in [-0.15, -0.1) is 0 Å². The monoisotopic (exact) mass is 391 g/mol. The van der Waals surface area contributed by atoms with Gasteiger partial charge in [-0.25, -0.2) is 0 Å². The highest BCUT2D eigenvalue weighted by Gasteiger charge is 2.16. The van der Waals surface area contributed by atoms with Crippen LogP contribution < -0.4 is 25.3 Å². The van der Waals surface area contributed by atoms with Crippen LogP contribution in [0.3, 0.4) is 0 Å². The molecule has 29 heavy (non-hydrogen) atoms. The van der Waals surface area contributed by atoms with Crippen molar-refractivity contribution in [2.75, 3.05) is 32.4 Å². The number of para-hydroxylation sites is 1. The normalized spacial score (nSPS) is 10.7. The van der Waals surface area contributed by atoms with E-state index in [2.05, 4.69) is 10.3 Å². The highest BCUT2D eigenvalue weighted by atomic mass is 16.5. The summed E-state index contributed by atoms with van der Waals surface area (Å²) in [5.41, 5.74) is 10.6. The SMILES string of the molecule is COc1cc(Nc2nc3cccc(-c4ccc(N)cc4)c3o2)cc(OC)c1OC. The summed E-state index contributed by atoms with van der Waals surface area (Å²) >= 11 is 0. The van der Waals surface area contributed by atoms with Gasteiger partial charge in [-0.05, 0) is 23.8 Å². The third-order valence-corrected chi connectivity index (χ3v) is 4.55. The van der Waals surface area contributed by atoms with Gasteiger partial charge in [-0.3, -0.25) is 0 Å². The molecule has 1 aromatic heterocycles. The van der Waals surface area contributed by atoms with Crippen LogP contribution in [0.5, 0.6) is 17.2 Å². The van der Waals surface area contributed by atoms with Crippen molar-refractivity contribution in [3.05, 3.63) is 54.6 Å². The first kappa shape index (κ1) is 18.5. The Hall–Kier alpha value is -3.87. The molecule has 7 nitrogen and oxygen atoms in total. The van der Waals surface area contributed by atoms with Gasteiger partial charge in [0.2, 0.25) is 5.75 Å². The Morgan fingerprint density at radius 2 is 1.59 bits per heavy atom. The van der Waals surface area contributed by atoms with Gasteiger partial charge in [0.15, 0.2) is 17.1 Å². The van der Waals surface area contributed by atoms with Crippen molar-refractivity contribution in [3.8, 4) is 28.4 Å². The number of nitrogen functional groups attached to an aromatic ring is 1. The number of oxazole rings is 1. The lowest BCUT2D eigenvalue weighted by atomic mass is 10.0. The zero-order valence-corrected chi connectivity index (χ0v) is 16.4. The van der Waals surface area contributed by atoms with Gasteiger partial charge in [0.25, 0.3) is 6.01 Å². The molecule has 0 radical (unpaired) electrons. The summed E-state index contributed by atoms with van der Waals surface area (Å²) in [6.07, 6.45) is 0. The van der Waals surface area contributed by atoms with Gasteiger partial charge in [-0.1, -0.05) is 24.3 Å². The molecule has 0 aliphatic carbocycles. The number of aromatic nitrogens is 1. The second kappa shape index (κ2) is 7.63. The molecule has 7 heteroatoms. The largest absolute Gasteiger partial charge is 0.493 e. The molecule has 0 unspecified atom stereocenters. The minimum absolute atomic E-state index is 0.358. The Morgan fingerprint density at radius 1 is 0.897 bits per heavy atom. The molecule has 0 saturated heterocycles. The summed E-state index contributed by atoms with van der Waals surface area (Å²) < 4.78 is 22.2. The maximum atomic E-state index is 6.03. The number of methoxy groups -OCH3 is 3. The Bertz CT molecular complexity index is 1130. The van der Waals surface area contributed by atoms with Gasteiger partial charge < -0.3 is 29.7 Å². The van der Waals surface area contributed by atoms with Gasteiger partial charge in [-0.2, -0.15) is 4.98 Å². The third kappa shape index (κ3) is 3.50. The van der Waals surface area contributed by atoms with Crippen LogP contribution in [0.15, 0.2) is 59.0 Å². The topological polar surface area (TPSA) is 91.8 Å². The number of nitrogens with two attached hydrogens (primary N) is 1. The lowest BCUT2D eigenvalue weighted by Crippen LogP contribution is -1.97. The number of hydrogen-bond donors (Lipinski definition) is 2. The average Bonchev–Trinajstić information content (AvgIpc) is 3.16. The van der Waals surface area contributed by atoms with Crippen LogP contribution in [0, 0.1) is 0 Å². The van der Waals surface area contributed by atoms with Crippen LogP contribution in [-0.2, 0) is 0 Å². The van der Waals surface area contributed by atoms with Crippen LogP contribution >= 0.6 is 0 Å². The Labute approximate surface area is 168 Å². The third-order valence-electron chi connectivity index (χ3n) is 4.55. The number of anilines is 3. The van der Waals surface area contributed by atoms with Crippen molar-refractivity contribution >= 4 is 28.5 Å². The van der Waals surface area contributed by atoms with Crippen LogP contribution in [0.1, 0.15) is 0 Å². The predicted octanol–water partition coefficient (Wildman–Crippen LogP) is 4.85. The minimum atomic E-state index is 0.358. The Kier molecular flexibility index (Phi) is 4.87. The maximum Gasteiger partial charge on any atom is 0.300 e. The molecule has 4 aromatic rings. The van der Waals surface area contributed by atoms with E-state index in [4.69, 9.17) is 24.4 Å². The lowest BCUT2D eigenvalue weighted by Gasteiger charge is -2.14. The number of fused-ring (bicyclic) bond motifs is 1. The fourth-order valence-electron chi connectivity index (χ4n) is 3.17. The summed E-state index contributed by atoms with van der Waals surface area (Å²) in [6.45, 7) is 0. The Balaban J connectivity index is 1.73. The molecule has 0 atom stereocenters. The van der Waals surface area contributed by atoms with E-state index in [9.17, 15) is 0 Å². The highest BCUT2D eigenvalue weighted by molar-refractivity contribution is 5.91. The lowest BCUT2D eigenvalue weighted by molar-refractivity contribution is 0.324. The second-order valence-corrected chi connectivity index (χ2v) is 6.33. The molecule has 0 aliphatic heterocycles. The molecule has 0 saturated carbocycles. The van der Waals surface area contributed by atoms with E-state index in [0.29, 0.717) is 40.2 Å². The number of nitrogens with zero attached hydrogens (tertiary/aromatic N) is 1. The maximum absolute atomic E-state index is 6.03. The molecule has 4 rings (SSSR count). The van der Waals surface area contributed by atoms with E-state index in [1.807, 2.05) is 42.5 Å². The van der Waals surface area contributed by atoms with Crippen LogP contribution in [0.2, 0.25) is 0 Å². The Morgan fingerprint density at radius 3 is 2.21 bits per heavy atom. The molecule has 3 N–H and O–H groups in total. The van der Waals surface area contributed by atoms with Crippen molar-refractivity contribution in [3.63, 3.8) is 0 Å². The number of ether oxygens (including phenoxy) is 3. The van der Waals surface area contributed by atoms with Crippen molar-refractivity contribution < 1.29 is 18.6 Å². The van der Waals surface area contributed by atoms with Crippen molar-refractivity contribution in [1.29, 1.82) is 0 Å². The first-order chi connectivity index (χ1) is 14.1. The number of rotatable bonds is 6. The van der Waals surface area contributed by atoms with Crippen molar-refractivity contribution in [2.45, 2.75) is 0 Å². The number of hydrogen-bond acceptors (Lipinski definition) is 7. The van der Waals surface area contributed by atoms with Gasteiger partial charge in [0, 0.05) is 29.1 Å². The zero-order valence-electron chi connectivity index (χ0n) is 16.4. The zero-order chi connectivity index (χ0) is 20.4. The number of nitrogens with one attached hydrogen (secondary N) is 1. The van der Waals surface area contributed by atoms with E-state index < -0.39 is 0 Å². The summed E-state index contributed by atoms with van der Waals surface area (Å²) in [6, 6.07) is 17.4. The molecule has 0 bridgehead atoms. The van der Waals surface area contributed by atoms with Crippen molar-refractivity contribution in [2.24, 2.45) is 0 Å². The fraction of sp³-hybridized carbons (Fsp3) is 0.136.